The fourth-order valence-electron chi connectivity index (χ4n) is 3.26. The van der Waals surface area contributed by atoms with Gasteiger partial charge in [0, 0.05) is 16.1 Å². The maximum Gasteiger partial charge on any atom is 0.313 e. The summed E-state index contributed by atoms with van der Waals surface area (Å²) in [5.74, 6) is 0.244. The first kappa shape index (κ1) is 25.1. The predicted molar refractivity (Wildman–Crippen MR) is 140 cm³/mol. The second kappa shape index (κ2) is 10.3. The number of hydrogen-bond donors (Lipinski definition) is 0. The van der Waals surface area contributed by atoms with Gasteiger partial charge in [-0.1, -0.05) is 56.8 Å². The van der Waals surface area contributed by atoms with Gasteiger partial charge in [0.1, 0.15) is 12.4 Å². The van der Waals surface area contributed by atoms with Gasteiger partial charge >= 0.3 is 5.69 Å². The molecule has 1 heterocycles. The van der Waals surface area contributed by atoms with Crippen LogP contribution in [0.3, 0.4) is 0 Å². The Kier molecular flexibility index (Phi) is 7.42. The summed E-state index contributed by atoms with van der Waals surface area (Å²) in [7, 11) is 0. The molecule has 0 N–H and O–H groups in total. The fourth-order valence-corrected chi connectivity index (χ4v) is 4.22. The van der Waals surface area contributed by atoms with Gasteiger partial charge in [0.05, 0.1) is 37.1 Å². The van der Waals surface area contributed by atoms with Crippen LogP contribution in [0.1, 0.15) is 17.0 Å². The van der Waals surface area contributed by atoms with Crippen molar-refractivity contribution in [2.24, 2.45) is 5.10 Å². The molecule has 4 rings (SSSR count). The Hall–Kier alpha value is -2.98. The van der Waals surface area contributed by atoms with E-state index < -0.39 is 4.92 Å². The Labute approximate surface area is 222 Å². The zero-order valence-corrected chi connectivity index (χ0v) is 21.7. The maximum absolute atomic E-state index is 12.9. The Morgan fingerprint density at radius 1 is 1.11 bits per heavy atom. The number of aromatic nitrogens is 2. The first-order valence-corrected chi connectivity index (χ1v) is 11.8. The molecular formula is C23H14BrCl3N4O4. The molecule has 35 heavy (non-hydrogen) atoms. The van der Waals surface area contributed by atoms with Crippen molar-refractivity contribution >= 4 is 73.5 Å². The van der Waals surface area contributed by atoms with Crippen LogP contribution in [0.4, 0.5) is 5.69 Å². The summed E-state index contributed by atoms with van der Waals surface area (Å²) < 4.78 is 7.47. The van der Waals surface area contributed by atoms with Gasteiger partial charge in [-0.2, -0.15) is 9.78 Å². The third-order valence-corrected chi connectivity index (χ3v) is 6.42. The molecule has 0 saturated carbocycles. The highest BCUT2D eigenvalue weighted by Crippen LogP contribution is 2.36. The van der Waals surface area contributed by atoms with E-state index in [1.165, 1.54) is 18.3 Å². The smallest absolute Gasteiger partial charge is 0.313 e. The number of fused-ring (bicyclic) bond motifs is 1. The third kappa shape index (κ3) is 5.48. The molecule has 0 spiro atoms. The van der Waals surface area contributed by atoms with Crippen LogP contribution in [-0.2, 0) is 6.61 Å². The standard InChI is InChI=1S/C23H14BrCl3N4O4/c1-12-29-20-5-3-15(24)9-16(20)23(32)30(12)28-10-14-7-19(27)22(21(8-14)31(33)34)35-11-13-2-4-17(25)18(26)6-13/h2-10H,11H2,1H3. The van der Waals surface area contributed by atoms with Crippen molar-refractivity contribution in [3.05, 3.63) is 105 Å². The molecule has 12 heteroatoms. The summed E-state index contributed by atoms with van der Waals surface area (Å²) in [6.45, 7) is 1.62. The number of benzene rings is 3. The summed E-state index contributed by atoms with van der Waals surface area (Å²) in [5.41, 5.74) is 0.741. The van der Waals surface area contributed by atoms with E-state index in [4.69, 9.17) is 39.5 Å². The summed E-state index contributed by atoms with van der Waals surface area (Å²) in [4.78, 5) is 28.4. The minimum Gasteiger partial charge on any atom is -0.481 e. The average Bonchev–Trinajstić information content (AvgIpc) is 2.80. The van der Waals surface area contributed by atoms with E-state index >= 15 is 0 Å². The van der Waals surface area contributed by atoms with Crippen molar-refractivity contribution in [3.63, 3.8) is 0 Å². The number of halogens is 4. The van der Waals surface area contributed by atoms with Crippen LogP contribution in [0.2, 0.25) is 15.1 Å². The number of ether oxygens (including phenoxy) is 1. The molecule has 0 bridgehead atoms. The maximum atomic E-state index is 12.9. The molecule has 0 saturated heterocycles. The first-order chi connectivity index (χ1) is 16.6. The highest BCUT2D eigenvalue weighted by atomic mass is 79.9. The zero-order chi connectivity index (χ0) is 25.3. The normalized spacial score (nSPS) is 11.3. The summed E-state index contributed by atoms with van der Waals surface area (Å²) >= 11 is 21.6. The molecule has 0 unspecified atom stereocenters. The molecule has 0 aliphatic heterocycles. The van der Waals surface area contributed by atoms with Crippen molar-refractivity contribution in [2.75, 3.05) is 0 Å². The lowest BCUT2D eigenvalue weighted by molar-refractivity contribution is -0.385. The van der Waals surface area contributed by atoms with E-state index in [2.05, 4.69) is 26.0 Å². The van der Waals surface area contributed by atoms with Crippen molar-refractivity contribution < 1.29 is 9.66 Å². The van der Waals surface area contributed by atoms with Crippen molar-refractivity contribution in [1.29, 1.82) is 0 Å². The van der Waals surface area contributed by atoms with Gasteiger partial charge in [0.25, 0.3) is 5.56 Å². The fraction of sp³-hybridized carbons (Fsp3) is 0.0870. The van der Waals surface area contributed by atoms with Crippen LogP contribution in [0, 0.1) is 17.0 Å². The van der Waals surface area contributed by atoms with Gasteiger partial charge in [-0.15, -0.1) is 0 Å². The molecule has 0 radical (unpaired) electrons. The molecule has 0 fully saturated rings. The lowest BCUT2D eigenvalue weighted by Crippen LogP contribution is -2.20. The lowest BCUT2D eigenvalue weighted by atomic mass is 10.2. The largest absolute Gasteiger partial charge is 0.481 e. The minimum absolute atomic E-state index is 0.00495. The summed E-state index contributed by atoms with van der Waals surface area (Å²) in [5, 5.41) is 17.0. The highest BCUT2D eigenvalue weighted by molar-refractivity contribution is 9.10. The van der Waals surface area contributed by atoms with Gasteiger partial charge in [0.2, 0.25) is 5.75 Å². The van der Waals surface area contributed by atoms with Gasteiger partial charge in [-0.3, -0.25) is 14.9 Å². The van der Waals surface area contributed by atoms with Crippen molar-refractivity contribution in [1.82, 2.24) is 9.66 Å². The van der Waals surface area contributed by atoms with E-state index in [-0.39, 0.29) is 28.6 Å². The number of rotatable bonds is 6. The van der Waals surface area contributed by atoms with Gasteiger partial charge in [-0.05, 0) is 48.9 Å². The van der Waals surface area contributed by atoms with E-state index in [0.29, 0.717) is 37.9 Å². The number of nitrogens with zero attached hydrogens (tertiary/aromatic N) is 4. The first-order valence-electron chi connectivity index (χ1n) is 9.92. The minimum atomic E-state index is -0.611. The third-order valence-electron chi connectivity index (χ3n) is 4.90. The van der Waals surface area contributed by atoms with Gasteiger partial charge in [-0.25, -0.2) is 4.98 Å². The van der Waals surface area contributed by atoms with Crippen molar-refractivity contribution in [3.8, 4) is 5.75 Å². The van der Waals surface area contributed by atoms with Crippen LogP contribution in [0.5, 0.6) is 5.75 Å². The second-order valence-corrected chi connectivity index (χ2v) is 9.46. The summed E-state index contributed by atoms with van der Waals surface area (Å²) in [6, 6.07) is 12.8. The zero-order valence-electron chi connectivity index (χ0n) is 17.8. The molecule has 1 aromatic heterocycles. The molecule has 3 aromatic carbocycles. The number of nitro groups is 1. The molecule has 178 valence electrons. The van der Waals surface area contributed by atoms with Gasteiger partial charge in [0.15, 0.2) is 0 Å². The Balaban J connectivity index is 1.67. The molecule has 0 aliphatic carbocycles. The molecule has 0 atom stereocenters. The molecule has 0 amide bonds. The average molecular weight is 597 g/mol. The molecule has 4 aromatic rings. The number of nitro benzene ring substituents is 1. The number of aryl methyl sites for hydroxylation is 1. The van der Waals surface area contributed by atoms with Crippen molar-refractivity contribution in [2.45, 2.75) is 13.5 Å². The molecule has 8 nitrogen and oxygen atoms in total. The second-order valence-electron chi connectivity index (χ2n) is 7.33. The van der Waals surface area contributed by atoms with Crippen LogP contribution in [-0.4, -0.2) is 20.8 Å². The van der Waals surface area contributed by atoms with Crippen LogP contribution < -0.4 is 10.3 Å². The highest BCUT2D eigenvalue weighted by Gasteiger charge is 2.21. The van der Waals surface area contributed by atoms with E-state index in [9.17, 15) is 14.9 Å². The number of hydrogen-bond acceptors (Lipinski definition) is 6. The van der Waals surface area contributed by atoms with Crippen LogP contribution >= 0.6 is 50.7 Å². The quantitative estimate of drug-likeness (QED) is 0.139. The topological polar surface area (TPSA) is 99.6 Å². The molecular weight excluding hydrogens is 583 g/mol. The molecule has 0 aliphatic rings. The Morgan fingerprint density at radius 2 is 1.89 bits per heavy atom. The van der Waals surface area contributed by atoms with Crippen LogP contribution in [0.15, 0.2) is 62.9 Å². The SMILES string of the molecule is Cc1nc2ccc(Br)cc2c(=O)n1N=Cc1cc(Cl)c(OCc2ccc(Cl)c(Cl)c2)c([N+](=O)[O-])c1. The Bertz CT molecular complexity index is 1570. The van der Waals surface area contributed by atoms with E-state index in [0.717, 1.165) is 9.15 Å². The lowest BCUT2D eigenvalue weighted by Gasteiger charge is -2.10. The van der Waals surface area contributed by atoms with E-state index in [1.807, 2.05) is 0 Å². The van der Waals surface area contributed by atoms with E-state index in [1.54, 1.807) is 43.3 Å². The monoisotopic (exact) mass is 594 g/mol. The Morgan fingerprint density at radius 3 is 2.60 bits per heavy atom. The van der Waals surface area contributed by atoms with Gasteiger partial charge < -0.3 is 4.74 Å². The summed E-state index contributed by atoms with van der Waals surface area (Å²) in [6.07, 6.45) is 1.29. The predicted octanol–water partition coefficient (Wildman–Crippen LogP) is 6.80. The van der Waals surface area contributed by atoms with Crippen LogP contribution in [0.25, 0.3) is 10.9 Å².